The Labute approximate surface area is 167 Å². The highest BCUT2D eigenvalue weighted by atomic mass is 16.3. The second-order valence-electron chi connectivity index (χ2n) is 7.10. The van der Waals surface area contributed by atoms with Crippen molar-refractivity contribution in [2.24, 2.45) is 4.99 Å². The molecule has 0 bridgehead atoms. The molecule has 2 aromatic rings. The largest absolute Gasteiger partial charge is 0.469 e. The van der Waals surface area contributed by atoms with Gasteiger partial charge in [-0.1, -0.05) is 12.1 Å². The molecule has 0 spiro atoms. The van der Waals surface area contributed by atoms with Crippen molar-refractivity contribution in [3.05, 3.63) is 54.0 Å². The van der Waals surface area contributed by atoms with Crippen LogP contribution in [0.2, 0.25) is 0 Å². The van der Waals surface area contributed by atoms with Gasteiger partial charge < -0.3 is 24.4 Å². The maximum Gasteiger partial charge on any atom is 0.243 e. The number of amides is 1. The van der Waals surface area contributed by atoms with E-state index < -0.39 is 0 Å². The van der Waals surface area contributed by atoms with Crippen molar-refractivity contribution in [1.29, 1.82) is 0 Å². The number of aliphatic imine (C=N–C) groups is 1. The summed E-state index contributed by atoms with van der Waals surface area (Å²) in [6.07, 6.45) is 2.42. The van der Waals surface area contributed by atoms with Gasteiger partial charge in [0.25, 0.3) is 0 Å². The molecule has 1 heterocycles. The quantitative estimate of drug-likeness (QED) is 0.557. The summed E-state index contributed by atoms with van der Waals surface area (Å²) in [6.45, 7) is 1.47. The summed E-state index contributed by atoms with van der Waals surface area (Å²) in [5.41, 5.74) is 2.33. The molecule has 152 valence electrons. The molecule has 0 unspecified atom stereocenters. The third-order valence-corrected chi connectivity index (χ3v) is 4.31. The van der Waals surface area contributed by atoms with Crippen molar-refractivity contribution in [2.45, 2.75) is 13.0 Å². The minimum atomic E-state index is -0.0339. The molecule has 7 heteroatoms. The number of guanidine groups is 1. The molecule has 1 N–H and O–H groups in total. The van der Waals surface area contributed by atoms with Gasteiger partial charge in [-0.2, -0.15) is 0 Å². The van der Waals surface area contributed by atoms with E-state index in [2.05, 4.69) is 39.5 Å². The topological polar surface area (TPSA) is 64.3 Å². The minimum absolute atomic E-state index is 0.0339. The molecule has 7 nitrogen and oxygen atoms in total. The molecule has 0 atom stereocenters. The van der Waals surface area contributed by atoms with Crippen molar-refractivity contribution < 1.29 is 9.21 Å². The van der Waals surface area contributed by atoms with Crippen LogP contribution >= 0.6 is 0 Å². The Kier molecular flexibility index (Phi) is 7.92. The first-order valence-electron chi connectivity index (χ1n) is 9.35. The fourth-order valence-corrected chi connectivity index (χ4v) is 2.63. The number of carbonyl (C=O) groups excluding carboxylic acids is 1. The molecule has 1 amide bonds. The summed E-state index contributed by atoms with van der Waals surface area (Å²) in [6, 6.07) is 12.2. The number of anilines is 1. The molecular formula is C21H31N5O2. The van der Waals surface area contributed by atoms with Crippen LogP contribution in [-0.4, -0.2) is 70.0 Å². The highest BCUT2D eigenvalue weighted by Gasteiger charge is 2.10. The first-order valence-corrected chi connectivity index (χ1v) is 9.35. The van der Waals surface area contributed by atoms with Crippen LogP contribution < -0.4 is 10.2 Å². The van der Waals surface area contributed by atoms with E-state index in [0.717, 1.165) is 17.9 Å². The lowest BCUT2D eigenvalue weighted by atomic mass is 10.2. The zero-order chi connectivity index (χ0) is 20.5. The molecular weight excluding hydrogens is 354 g/mol. The molecule has 0 fully saturated rings. The Morgan fingerprint density at radius 1 is 1.11 bits per heavy atom. The summed E-state index contributed by atoms with van der Waals surface area (Å²) in [5.74, 6) is 1.57. The van der Waals surface area contributed by atoms with Crippen LogP contribution in [0.4, 0.5) is 5.69 Å². The Bertz CT molecular complexity index is 769. The molecule has 0 aliphatic rings. The molecule has 0 radical (unpaired) electrons. The minimum Gasteiger partial charge on any atom is -0.469 e. The SMILES string of the molecule is CN(C)C(=O)CN=C(NCCc1ccco1)N(C)Cc1cccc(N(C)C)c1. The third kappa shape index (κ3) is 6.64. The zero-order valence-electron chi connectivity index (χ0n) is 17.5. The van der Waals surface area contributed by atoms with Gasteiger partial charge in [0.15, 0.2) is 5.96 Å². The predicted octanol–water partition coefficient (Wildman–Crippen LogP) is 2.05. The number of carbonyl (C=O) groups is 1. The van der Waals surface area contributed by atoms with Crippen molar-refractivity contribution >= 4 is 17.6 Å². The molecule has 0 saturated carbocycles. The van der Waals surface area contributed by atoms with Crippen LogP contribution in [-0.2, 0) is 17.8 Å². The maximum atomic E-state index is 12.0. The standard InChI is InChI=1S/C21H31N5O2/c1-24(2)18-9-6-8-17(14-18)16-26(5)21(23-15-20(27)25(3)4)22-12-11-19-10-7-13-28-19/h6-10,13-14H,11-12,15-16H2,1-5H3,(H,22,23). The lowest BCUT2D eigenvalue weighted by Crippen LogP contribution is -2.40. The van der Waals surface area contributed by atoms with Gasteiger partial charge in [-0.25, -0.2) is 4.99 Å². The van der Waals surface area contributed by atoms with Crippen LogP contribution in [0.1, 0.15) is 11.3 Å². The van der Waals surface area contributed by atoms with Gasteiger partial charge in [0.2, 0.25) is 5.91 Å². The van der Waals surface area contributed by atoms with E-state index in [0.29, 0.717) is 19.0 Å². The molecule has 1 aromatic heterocycles. The van der Waals surface area contributed by atoms with Crippen LogP contribution in [0.15, 0.2) is 52.1 Å². The van der Waals surface area contributed by atoms with Crippen LogP contribution in [0.3, 0.4) is 0 Å². The number of furan rings is 1. The van der Waals surface area contributed by atoms with E-state index in [1.54, 1.807) is 25.3 Å². The smallest absolute Gasteiger partial charge is 0.243 e. The van der Waals surface area contributed by atoms with Gasteiger partial charge in [-0.15, -0.1) is 0 Å². The summed E-state index contributed by atoms with van der Waals surface area (Å²) in [4.78, 5) is 22.1. The van der Waals surface area contributed by atoms with Gasteiger partial charge in [-0.3, -0.25) is 4.79 Å². The zero-order valence-corrected chi connectivity index (χ0v) is 17.5. The highest BCUT2D eigenvalue weighted by molar-refractivity contribution is 5.84. The number of hydrogen-bond acceptors (Lipinski definition) is 4. The maximum absolute atomic E-state index is 12.0. The van der Waals surface area contributed by atoms with E-state index in [1.807, 2.05) is 38.2 Å². The second-order valence-corrected chi connectivity index (χ2v) is 7.10. The predicted molar refractivity (Wildman–Crippen MR) is 114 cm³/mol. The normalized spacial score (nSPS) is 11.2. The van der Waals surface area contributed by atoms with Crippen LogP contribution in [0.25, 0.3) is 0 Å². The summed E-state index contributed by atoms with van der Waals surface area (Å²) < 4.78 is 5.38. The molecule has 2 rings (SSSR count). The van der Waals surface area contributed by atoms with Gasteiger partial charge in [0.05, 0.1) is 6.26 Å². The number of likely N-dealkylation sites (N-methyl/N-ethyl adjacent to an activating group) is 1. The van der Waals surface area contributed by atoms with Crippen LogP contribution in [0, 0.1) is 0 Å². The molecule has 0 saturated heterocycles. The lowest BCUT2D eigenvalue weighted by Gasteiger charge is -2.23. The number of nitrogens with one attached hydrogen (secondary N) is 1. The Hall–Kier alpha value is -2.96. The van der Waals surface area contributed by atoms with E-state index in [4.69, 9.17) is 4.42 Å². The first kappa shape index (κ1) is 21.3. The summed E-state index contributed by atoms with van der Waals surface area (Å²) >= 11 is 0. The monoisotopic (exact) mass is 385 g/mol. The van der Waals surface area contributed by atoms with E-state index in [-0.39, 0.29) is 12.5 Å². The van der Waals surface area contributed by atoms with Crippen LogP contribution in [0.5, 0.6) is 0 Å². The number of benzene rings is 1. The van der Waals surface area contributed by atoms with Gasteiger partial charge in [0.1, 0.15) is 12.3 Å². The summed E-state index contributed by atoms with van der Waals surface area (Å²) in [5, 5.41) is 3.34. The van der Waals surface area contributed by atoms with Crippen molar-refractivity contribution in [2.75, 3.05) is 53.2 Å². The molecule has 0 aliphatic heterocycles. The number of hydrogen-bond donors (Lipinski definition) is 1. The van der Waals surface area contributed by atoms with Gasteiger partial charge in [0, 0.05) is 60.4 Å². The fourth-order valence-electron chi connectivity index (χ4n) is 2.63. The van der Waals surface area contributed by atoms with Crippen molar-refractivity contribution in [3.8, 4) is 0 Å². The molecule has 0 aliphatic carbocycles. The fraction of sp³-hybridized carbons (Fsp3) is 0.429. The molecule has 28 heavy (non-hydrogen) atoms. The Balaban J connectivity index is 2.06. The van der Waals surface area contributed by atoms with E-state index >= 15 is 0 Å². The first-order chi connectivity index (χ1) is 13.4. The van der Waals surface area contributed by atoms with E-state index in [1.165, 1.54) is 5.56 Å². The second kappa shape index (κ2) is 10.4. The van der Waals surface area contributed by atoms with Crippen molar-refractivity contribution in [1.82, 2.24) is 15.1 Å². The highest BCUT2D eigenvalue weighted by Crippen LogP contribution is 2.14. The Morgan fingerprint density at radius 2 is 1.89 bits per heavy atom. The van der Waals surface area contributed by atoms with E-state index in [9.17, 15) is 4.79 Å². The average molecular weight is 386 g/mol. The average Bonchev–Trinajstić information content (AvgIpc) is 3.17. The Morgan fingerprint density at radius 3 is 2.54 bits per heavy atom. The number of nitrogens with zero attached hydrogens (tertiary/aromatic N) is 4. The number of rotatable bonds is 8. The summed E-state index contributed by atoms with van der Waals surface area (Å²) in [7, 11) is 9.50. The van der Waals surface area contributed by atoms with Gasteiger partial charge >= 0.3 is 0 Å². The molecule has 1 aromatic carbocycles. The van der Waals surface area contributed by atoms with Crippen molar-refractivity contribution in [3.63, 3.8) is 0 Å². The van der Waals surface area contributed by atoms with Gasteiger partial charge in [-0.05, 0) is 29.8 Å². The third-order valence-electron chi connectivity index (χ3n) is 4.31. The lowest BCUT2D eigenvalue weighted by molar-refractivity contribution is -0.127.